The summed E-state index contributed by atoms with van der Waals surface area (Å²) in [6, 6.07) is 17.6. The number of nitrogen functional groups attached to an aromatic ring is 1. The van der Waals surface area contributed by atoms with Gasteiger partial charge in [0.2, 0.25) is 0 Å². The van der Waals surface area contributed by atoms with Crippen molar-refractivity contribution in [2.75, 3.05) is 12.0 Å². The van der Waals surface area contributed by atoms with E-state index in [9.17, 15) is 13.7 Å². The number of nitriles is 1. The molecule has 4 rings (SSSR count). The predicted octanol–water partition coefficient (Wildman–Crippen LogP) is 3.22. The third-order valence-electron chi connectivity index (χ3n) is 4.51. The van der Waals surface area contributed by atoms with Gasteiger partial charge in [-0.25, -0.2) is 23.4 Å². The van der Waals surface area contributed by atoms with Gasteiger partial charge in [-0.05, 0) is 41.5 Å². The van der Waals surface area contributed by atoms with E-state index in [2.05, 4.69) is 21.0 Å². The average Bonchev–Trinajstić information content (AvgIpc) is 2.72. The second kappa shape index (κ2) is 6.96. The summed E-state index contributed by atoms with van der Waals surface area (Å²) >= 11 is 0. The number of nitrogens with two attached hydrogens (primary N) is 1. The zero-order chi connectivity index (χ0) is 20.6. The molecule has 0 unspecified atom stereocenters. The second-order valence-corrected chi connectivity index (χ2v) is 8.52. The molecule has 0 atom stereocenters. The number of benzene rings is 2. The Morgan fingerprint density at radius 1 is 1.00 bits per heavy atom. The quantitative estimate of drug-likeness (QED) is 0.559. The fourth-order valence-corrected chi connectivity index (χ4v) is 3.72. The van der Waals surface area contributed by atoms with Gasteiger partial charge in [0.05, 0.1) is 27.6 Å². The Hall–Kier alpha value is -3.83. The molecule has 0 radical (unpaired) electrons. The maximum Gasteiger partial charge on any atom is 0.175 e. The molecule has 7 nitrogen and oxygen atoms in total. The summed E-state index contributed by atoms with van der Waals surface area (Å²) in [5.74, 6) is 0.291. The first kappa shape index (κ1) is 18.5. The molecular formula is C21H15N5O2S. The molecular weight excluding hydrogens is 386 g/mol. The molecule has 2 aromatic carbocycles. The van der Waals surface area contributed by atoms with E-state index in [1.807, 2.05) is 12.1 Å². The highest BCUT2D eigenvalue weighted by Gasteiger charge is 2.15. The molecule has 0 aliphatic carbocycles. The summed E-state index contributed by atoms with van der Waals surface area (Å²) in [4.78, 5) is 13.1. The van der Waals surface area contributed by atoms with Crippen molar-refractivity contribution in [3.63, 3.8) is 0 Å². The van der Waals surface area contributed by atoms with Crippen LogP contribution in [0.3, 0.4) is 0 Å². The summed E-state index contributed by atoms with van der Waals surface area (Å²) in [7, 11) is -3.29. The summed E-state index contributed by atoms with van der Waals surface area (Å²) in [6.45, 7) is 0. The van der Waals surface area contributed by atoms with Crippen molar-refractivity contribution in [1.82, 2.24) is 15.0 Å². The molecule has 0 saturated carbocycles. The van der Waals surface area contributed by atoms with E-state index in [-0.39, 0.29) is 4.90 Å². The van der Waals surface area contributed by atoms with Crippen LogP contribution < -0.4 is 5.73 Å². The third kappa shape index (κ3) is 3.51. The highest BCUT2D eigenvalue weighted by Crippen LogP contribution is 2.34. The largest absolute Gasteiger partial charge is 0.383 e. The monoisotopic (exact) mass is 401 g/mol. The minimum absolute atomic E-state index is 0.232. The smallest absolute Gasteiger partial charge is 0.175 e. The number of anilines is 1. The van der Waals surface area contributed by atoms with Gasteiger partial charge in [0.1, 0.15) is 12.1 Å². The lowest BCUT2D eigenvalue weighted by molar-refractivity contribution is 0.602. The van der Waals surface area contributed by atoms with Crippen LogP contribution in [0.2, 0.25) is 0 Å². The molecule has 0 fully saturated rings. The molecule has 2 heterocycles. The Morgan fingerprint density at radius 3 is 2.45 bits per heavy atom. The van der Waals surface area contributed by atoms with E-state index in [4.69, 9.17) is 5.73 Å². The van der Waals surface area contributed by atoms with Crippen molar-refractivity contribution in [2.45, 2.75) is 4.90 Å². The first-order valence-corrected chi connectivity index (χ1v) is 10.5. The lowest BCUT2D eigenvalue weighted by Crippen LogP contribution is -1.99. The number of sulfone groups is 1. The highest BCUT2D eigenvalue weighted by atomic mass is 32.2. The van der Waals surface area contributed by atoms with Gasteiger partial charge in [-0.1, -0.05) is 24.3 Å². The molecule has 8 heteroatoms. The van der Waals surface area contributed by atoms with Gasteiger partial charge in [-0.2, -0.15) is 5.26 Å². The molecule has 0 aliphatic rings. The normalized spacial score (nSPS) is 11.3. The molecule has 0 amide bonds. The SMILES string of the molecule is CS(=O)(=O)c1ccc(-c2cc(-c3cccc(C#N)c3)c3c(N)ncnc3n2)cc1. The topological polar surface area (TPSA) is 123 Å². The third-order valence-corrected chi connectivity index (χ3v) is 5.64. The molecule has 2 aromatic heterocycles. The molecule has 142 valence electrons. The number of fused-ring (bicyclic) bond motifs is 1. The Kier molecular flexibility index (Phi) is 4.45. The van der Waals surface area contributed by atoms with E-state index in [1.165, 1.54) is 6.33 Å². The standard InChI is InChI=1S/C21H15N5O2S/c1-29(27,28)16-7-5-14(6-8-16)18-10-17(15-4-2-3-13(9-15)11-22)19-20(23)24-12-25-21(19)26-18/h2-10,12H,1H3,(H2,23,24,25,26). The van der Waals surface area contributed by atoms with Crippen molar-refractivity contribution in [1.29, 1.82) is 5.26 Å². The van der Waals surface area contributed by atoms with Crippen LogP contribution in [0, 0.1) is 11.3 Å². The van der Waals surface area contributed by atoms with Crippen molar-refractivity contribution in [3.05, 3.63) is 66.5 Å². The van der Waals surface area contributed by atoms with Crippen molar-refractivity contribution >= 4 is 26.7 Å². The van der Waals surface area contributed by atoms with E-state index < -0.39 is 9.84 Å². The number of aromatic nitrogens is 3. The van der Waals surface area contributed by atoms with Gasteiger partial charge in [0.15, 0.2) is 15.5 Å². The van der Waals surface area contributed by atoms with Crippen LogP contribution >= 0.6 is 0 Å². The highest BCUT2D eigenvalue weighted by molar-refractivity contribution is 7.90. The maximum atomic E-state index is 11.7. The molecule has 0 bridgehead atoms. The minimum atomic E-state index is -3.29. The van der Waals surface area contributed by atoms with E-state index in [1.54, 1.807) is 42.5 Å². The van der Waals surface area contributed by atoms with Crippen LogP contribution in [0.4, 0.5) is 5.82 Å². The maximum absolute atomic E-state index is 11.7. The van der Waals surface area contributed by atoms with Crippen LogP contribution in [0.25, 0.3) is 33.4 Å². The summed E-state index contributed by atoms with van der Waals surface area (Å²) in [5, 5.41) is 9.84. The van der Waals surface area contributed by atoms with Crippen molar-refractivity contribution in [3.8, 4) is 28.5 Å². The second-order valence-electron chi connectivity index (χ2n) is 6.50. The van der Waals surface area contributed by atoms with E-state index >= 15 is 0 Å². The first-order valence-electron chi connectivity index (χ1n) is 8.59. The molecule has 2 N–H and O–H groups in total. The average molecular weight is 401 g/mol. The van der Waals surface area contributed by atoms with Crippen LogP contribution in [0.1, 0.15) is 5.56 Å². The lowest BCUT2D eigenvalue weighted by Gasteiger charge is -2.11. The number of hydrogen-bond donors (Lipinski definition) is 1. The molecule has 0 spiro atoms. The Balaban J connectivity index is 1.97. The predicted molar refractivity (Wildman–Crippen MR) is 110 cm³/mol. The first-order chi connectivity index (χ1) is 13.9. The molecule has 0 aliphatic heterocycles. The number of pyridine rings is 1. The van der Waals surface area contributed by atoms with E-state index in [0.717, 1.165) is 22.9 Å². The van der Waals surface area contributed by atoms with Gasteiger partial charge in [-0.15, -0.1) is 0 Å². The number of hydrogen-bond acceptors (Lipinski definition) is 7. The lowest BCUT2D eigenvalue weighted by atomic mass is 9.98. The summed E-state index contributed by atoms with van der Waals surface area (Å²) in [6.07, 6.45) is 2.51. The van der Waals surface area contributed by atoms with Crippen LogP contribution in [-0.4, -0.2) is 29.6 Å². The van der Waals surface area contributed by atoms with Gasteiger partial charge in [0.25, 0.3) is 0 Å². The fraction of sp³-hybridized carbons (Fsp3) is 0.0476. The Bertz CT molecular complexity index is 1390. The Labute approximate surface area is 167 Å². The Morgan fingerprint density at radius 2 is 1.76 bits per heavy atom. The summed E-state index contributed by atoms with van der Waals surface area (Å²) in [5.41, 5.74) is 9.89. The van der Waals surface area contributed by atoms with Gasteiger partial charge < -0.3 is 5.73 Å². The molecule has 4 aromatic rings. The van der Waals surface area contributed by atoms with Crippen molar-refractivity contribution < 1.29 is 8.42 Å². The van der Waals surface area contributed by atoms with Crippen molar-refractivity contribution in [2.24, 2.45) is 0 Å². The zero-order valence-corrected chi connectivity index (χ0v) is 16.2. The summed E-state index contributed by atoms with van der Waals surface area (Å²) < 4.78 is 23.4. The minimum Gasteiger partial charge on any atom is -0.383 e. The number of nitrogens with zero attached hydrogens (tertiary/aromatic N) is 4. The van der Waals surface area contributed by atoms with Gasteiger partial charge in [0, 0.05) is 11.8 Å². The van der Waals surface area contributed by atoms with Gasteiger partial charge in [-0.3, -0.25) is 0 Å². The van der Waals surface area contributed by atoms with Crippen LogP contribution in [0.15, 0.2) is 65.8 Å². The van der Waals surface area contributed by atoms with Crippen LogP contribution in [0.5, 0.6) is 0 Å². The molecule has 29 heavy (non-hydrogen) atoms. The fourth-order valence-electron chi connectivity index (χ4n) is 3.09. The van der Waals surface area contributed by atoms with Crippen LogP contribution in [-0.2, 0) is 9.84 Å². The zero-order valence-electron chi connectivity index (χ0n) is 15.4. The van der Waals surface area contributed by atoms with E-state index in [0.29, 0.717) is 28.1 Å². The molecule has 0 saturated heterocycles. The van der Waals surface area contributed by atoms with Gasteiger partial charge >= 0.3 is 0 Å². The number of rotatable bonds is 3.